The maximum atomic E-state index is 11.7. The van der Waals surface area contributed by atoms with E-state index in [0.29, 0.717) is 33.0 Å². The van der Waals surface area contributed by atoms with Crippen LogP contribution in [0, 0.1) is 6.92 Å². The van der Waals surface area contributed by atoms with Crippen LogP contribution in [0.15, 0.2) is 18.2 Å². The molecule has 1 heterocycles. The third kappa shape index (κ3) is 2.70. The average Bonchev–Trinajstić information content (AvgIpc) is 2.81. The van der Waals surface area contributed by atoms with Crippen molar-refractivity contribution in [1.82, 2.24) is 4.98 Å². The number of nitrogens with zero attached hydrogens (tertiary/aromatic N) is 1. The van der Waals surface area contributed by atoms with Crippen LogP contribution in [0.1, 0.15) is 32.6 Å². The Balaban J connectivity index is 2.46. The van der Waals surface area contributed by atoms with E-state index < -0.39 is 5.97 Å². The lowest BCUT2D eigenvalue weighted by molar-refractivity contribution is 0.0531. The summed E-state index contributed by atoms with van der Waals surface area (Å²) in [6.07, 6.45) is 0.690. The highest BCUT2D eigenvalue weighted by molar-refractivity contribution is 7.17. The molecule has 0 atom stereocenters. The van der Waals surface area contributed by atoms with Gasteiger partial charge in [-0.3, -0.25) is 4.79 Å². The molecular formula is C14H13NO4S. The summed E-state index contributed by atoms with van der Waals surface area (Å²) in [4.78, 5) is 27.2. The number of thiazole rings is 1. The molecule has 0 fully saturated rings. The fourth-order valence-electron chi connectivity index (χ4n) is 1.70. The number of aromatic nitrogens is 1. The predicted octanol–water partition coefficient (Wildman–Crippen LogP) is 2.81. The van der Waals surface area contributed by atoms with Crippen LogP contribution < -0.4 is 0 Å². The molecule has 1 N–H and O–H groups in total. The molecule has 0 aliphatic rings. The van der Waals surface area contributed by atoms with Gasteiger partial charge in [-0.2, -0.15) is 0 Å². The molecular weight excluding hydrogens is 278 g/mol. The van der Waals surface area contributed by atoms with Gasteiger partial charge in [0.2, 0.25) is 0 Å². The highest BCUT2D eigenvalue weighted by atomic mass is 32.1. The number of phenolic OH excluding ortho intramolecular Hbond substituents is 1. The van der Waals surface area contributed by atoms with E-state index in [9.17, 15) is 14.7 Å². The molecule has 2 rings (SSSR count). The fraction of sp³-hybridized carbons (Fsp3) is 0.214. The third-order valence-electron chi connectivity index (χ3n) is 2.64. The van der Waals surface area contributed by atoms with E-state index in [-0.39, 0.29) is 12.4 Å². The number of hydrogen-bond acceptors (Lipinski definition) is 6. The number of aromatic hydroxyl groups is 1. The number of rotatable bonds is 4. The van der Waals surface area contributed by atoms with Crippen molar-refractivity contribution in [3.8, 4) is 16.3 Å². The first-order chi connectivity index (χ1) is 9.56. The molecule has 0 radical (unpaired) electrons. The molecule has 2 aromatic rings. The first-order valence-corrected chi connectivity index (χ1v) is 6.81. The first-order valence-electron chi connectivity index (χ1n) is 6.00. The van der Waals surface area contributed by atoms with E-state index in [1.807, 2.05) is 0 Å². The van der Waals surface area contributed by atoms with Crippen LogP contribution in [0.4, 0.5) is 0 Å². The van der Waals surface area contributed by atoms with E-state index in [4.69, 9.17) is 4.74 Å². The zero-order chi connectivity index (χ0) is 14.7. The van der Waals surface area contributed by atoms with Gasteiger partial charge in [0.15, 0.2) is 0 Å². The number of benzene rings is 1. The van der Waals surface area contributed by atoms with Crippen molar-refractivity contribution in [2.45, 2.75) is 13.8 Å². The Hall–Kier alpha value is -2.21. The quantitative estimate of drug-likeness (QED) is 0.692. The minimum Gasteiger partial charge on any atom is -0.507 e. The van der Waals surface area contributed by atoms with Crippen molar-refractivity contribution >= 4 is 23.6 Å². The summed E-state index contributed by atoms with van der Waals surface area (Å²) < 4.78 is 4.95. The van der Waals surface area contributed by atoms with Crippen molar-refractivity contribution in [3.05, 3.63) is 34.3 Å². The Labute approximate surface area is 119 Å². The van der Waals surface area contributed by atoms with Crippen LogP contribution in [0.25, 0.3) is 10.6 Å². The molecule has 5 nitrogen and oxygen atoms in total. The number of phenols is 1. The van der Waals surface area contributed by atoms with Gasteiger partial charge in [0.05, 0.1) is 17.9 Å². The Morgan fingerprint density at radius 1 is 1.50 bits per heavy atom. The third-order valence-corrected chi connectivity index (χ3v) is 3.82. The summed E-state index contributed by atoms with van der Waals surface area (Å²) in [6, 6.07) is 4.48. The number of carbonyl (C=O) groups is 2. The molecule has 20 heavy (non-hydrogen) atoms. The van der Waals surface area contributed by atoms with Crippen LogP contribution in [0.5, 0.6) is 5.75 Å². The smallest absolute Gasteiger partial charge is 0.350 e. The van der Waals surface area contributed by atoms with Crippen LogP contribution in [0.3, 0.4) is 0 Å². The lowest BCUT2D eigenvalue weighted by atomic mass is 10.1. The number of carbonyl (C=O) groups excluding carboxylic acids is 2. The molecule has 1 aromatic heterocycles. The summed E-state index contributed by atoms with van der Waals surface area (Å²) in [6.45, 7) is 3.72. The van der Waals surface area contributed by atoms with Gasteiger partial charge in [-0.25, -0.2) is 9.78 Å². The second-order valence-corrected chi connectivity index (χ2v) is 5.05. The van der Waals surface area contributed by atoms with E-state index in [0.717, 1.165) is 11.3 Å². The summed E-state index contributed by atoms with van der Waals surface area (Å²) in [5.74, 6) is -0.417. The Morgan fingerprint density at radius 3 is 2.90 bits per heavy atom. The lowest BCUT2D eigenvalue weighted by Gasteiger charge is -2.01. The molecule has 1 aromatic carbocycles. The summed E-state index contributed by atoms with van der Waals surface area (Å²) in [7, 11) is 0. The largest absolute Gasteiger partial charge is 0.507 e. The van der Waals surface area contributed by atoms with Gasteiger partial charge in [-0.05, 0) is 32.0 Å². The van der Waals surface area contributed by atoms with Crippen molar-refractivity contribution in [2.24, 2.45) is 0 Å². The Morgan fingerprint density at radius 2 is 2.25 bits per heavy atom. The number of ether oxygens (including phenoxy) is 1. The van der Waals surface area contributed by atoms with E-state index in [1.165, 1.54) is 18.2 Å². The van der Waals surface area contributed by atoms with Crippen LogP contribution in [-0.4, -0.2) is 29.0 Å². The van der Waals surface area contributed by atoms with Crippen LogP contribution in [0.2, 0.25) is 0 Å². The van der Waals surface area contributed by atoms with Crippen molar-refractivity contribution < 1.29 is 19.4 Å². The topological polar surface area (TPSA) is 76.5 Å². The Bertz CT molecular complexity index is 663. The number of aryl methyl sites for hydroxylation is 1. The average molecular weight is 291 g/mol. The van der Waals surface area contributed by atoms with E-state index >= 15 is 0 Å². The van der Waals surface area contributed by atoms with Crippen molar-refractivity contribution in [3.63, 3.8) is 0 Å². The molecule has 0 aliphatic carbocycles. The van der Waals surface area contributed by atoms with Gasteiger partial charge >= 0.3 is 5.97 Å². The van der Waals surface area contributed by atoms with Crippen LogP contribution >= 0.6 is 11.3 Å². The zero-order valence-corrected chi connectivity index (χ0v) is 11.9. The van der Waals surface area contributed by atoms with Crippen molar-refractivity contribution in [1.29, 1.82) is 0 Å². The molecule has 0 saturated carbocycles. The SMILES string of the molecule is CCOC(=O)c1sc(-c2cc(C=O)ccc2O)nc1C. The summed E-state index contributed by atoms with van der Waals surface area (Å²) in [5, 5.41) is 10.3. The standard InChI is InChI=1S/C14H13NO4S/c1-3-19-14(18)12-8(2)15-13(20-12)10-6-9(7-16)4-5-11(10)17/h4-7,17H,3H2,1-2H3. The van der Waals surface area contributed by atoms with Crippen molar-refractivity contribution in [2.75, 3.05) is 6.61 Å². The van der Waals surface area contributed by atoms with Gasteiger partial charge in [-0.15, -0.1) is 11.3 Å². The maximum absolute atomic E-state index is 11.7. The van der Waals surface area contributed by atoms with Gasteiger partial charge < -0.3 is 9.84 Å². The number of esters is 1. The molecule has 6 heteroatoms. The summed E-state index contributed by atoms with van der Waals surface area (Å²) in [5.41, 5.74) is 1.40. The van der Waals surface area contributed by atoms with Gasteiger partial charge in [0.25, 0.3) is 0 Å². The van der Waals surface area contributed by atoms with E-state index in [2.05, 4.69) is 4.98 Å². The molecule has 104 valence electrons. The van der Waals surface area contributed by atoms with Gasteiger partial charge in [0, 0.05) is 5.56 Å². The zero-order valence-electron chi connectivity index (χ0n) is 11.0. The second-order valence-electron chi connectivity index (χ2n) is 4.05. The molecule has 0 spiro atoms. The molecule has 0 amide bonds. The fourth-order valence-corrected chi connectivity index (χ4v) is 2.68. The molecule has 0 aliphatic heterocycles. The maximum Gasteiger partial charge on any atom is 0.350 e. The number of hydrogen-bond donors (Lipinski definition) is 1. The molecule has 0 unspecified atom stereocenters. The monoisotopic (exact) mass is 291 g/mol. The lowest BCUT2D eigenvalue weighted by Crippen LogP contribution is -2.03. The number of aldehydes is 1. The molecule has 0 saturated heterocycles. The normalized spacial score (nSPS) is 10.3. The Kier molecular flexibility index (Phi) is 4.14. The highest BCUT2D eigenvalue weighted by Gasteiger charge is 2.18. The van der Waals surface area contributed by atoms with Gasteiger partial charge in [-0.1, -0.05) is 0 Å². The minimum absolute atomic E-state index is 0.0137. The minimum atomic E-state index is -0.431. The highest BCUT2D eigenvalue weighted by Crippen LogP contribution is 2.34. The first kappa shape index (κ1) is 14.2. The predicted molar refractivity (Wildman–Crippen MR) is 75.3 cm³/mol. The van der Waals surface area contributed by atoms with Gasteiger partial charge in [0.1, 0.15) is 21.9 Å². The summed E-state index contributed by atoms with van der Waals surface area (Å²) >= 11 is 1.13. The van der Waals surface area contributed by atoms with Crippen LogP contribution in [-0.2, 0) is 4.74 Å². The van der Waals surface area contributed by atoms with E-state index in [1.54, 1.807) is 13.8 Å². The second kappa shape index (κ2) is 5.83. The molecule has 0 bridgehead atoms.